The van der Waals surface area contributed by atoms with Crippen LogP contribution in [0.2, 0.25) is 0 Å². The van der Waals surface area contributed by atoms with Crippen LogP contribution in [0.4, 0.5) is 5.00 Å². The molecule has 0 spiro atoms. The van der Waals surface area contributed by atoms with Gasteiger partial charge in [-0.1, -0.05) is 20.8 Å². The first-order valence-electron chi connectivity index (χ1n) is 7.94. The lowest BCUT2D eigenvalue weighted by molar-refractivity contribution is -0.134. The monoisotopic (exact) mass is 338 g/mol. The first-order chi connectivity index (χ1) is 10.7. The van der Waals surface area contributed by atoms with Crippen molar-refractivity contribution in [1.29, 1.82) is 0 Å². The van der Waals surface area contributed by atoms with Gasteiger partial charge >= 0.3 is 0 Å². The molecule has 0 bridgehead atoms. The number of carbonyl (C=O) groups is 2. The summed E-state index contributed by atoms with van der Waals surface area (Å²) in [5.74, 6) is 0.178. The number of nitrogens with one attached hydrogen (secondary N) is 1. The number of nitrogens with zero attached hydrogens (tertiary/aromatic N) is 3. The smallest absolute Gasteiger partial charge is 0.258 e. The summed E-state index contributed by atoms with van der Waals surface area (Å²) in [4.78, 5) is 28.7. The van der Waals surface area contributed by atoms with Gasteiger partial charge in [0.1, 0.15) is 5.00 Å². The fraction of sp³-hybridized carbons (Fsp3) is 0.688. The molecule has 0 aliphatic carbocycles. The van der Waals surface area contributed by atoms with Gasteiger partial charge in [0.25, 0.3) is 5.91 Å². The first-order valence-corrected chi connectivity index (χ1v) is 8.71. The highest BCUT2D eigenvalue weighted by atomic mass is 32.1. The molecule has 1 aliphatic rings. The van der Waals surface area contributed by atoms with Crippen LogP contribution in [-0.4, -0.2) is 59.2 Å². The Balaban J connectivity index is 1.98. The molecule has 1 saturated heterocycles. The van der Waals surface area contributed by atoms with Crippen LogP contribution >= 0.6 is 11.5 Å². The van der Waals surface area contributed by atoms with Gasteiger partial charge in [-0.25, -0.2) is 0 Å². The maximum absolute atomic E-state index is 12.7. The van der Waals surface area contributed by atoms with Crippen LogP contribution in [0.1, 0.15) is 43.2 Å². The number of hydrogen-bond acceptors (Lipinski definition) is 5. The molecule has 1 aromatic heterocycles. The van der Waals surface area contributed by atoms with Crippen LogP contribution < -0.4 is 5.32 Å². The molecule has 2 heterocycles. The van der Waals surface area contributed by atoms with E-state index < -0.39 is 0 Å². The van der Waals surface area contributed by atoms with Crippen LogP contribution in [0, 0.1) is 12.3 Å². The quantitative estimate of drug-likeness (QED) is 0.918. The summed E-state index contributed by atoms with van der Waals surface area (Å²) >= 11 is 1.31. The molecule has 0 aromatic carbocycles. The highest BCUT2D eigenvalue weighted by Gasteiger charge is 2.29. The Morgan fingerprint density at radius 3 is 2.26 bits per heavy atom. The van der Waals surface area contributed by atoms with E-state index in [9.17, 15) is 9.59 Å². The summed E-state index contributed by atoms with van der Waals surface area (Å²) < 4.78 is 4.25. The van der Waals surface area contributed by atoms with Gasteiger partial charge in [0.05, 0.1) is 11.3 Å². The van der Waals surface area contributed by atoms with E-state index in [2.05, 4.69) is 30.5 Å². The van der Waals surface area contributed by atoms with Gasteiger partial charge in [-0.3, -0.25) is 9.59 Å². The number of amides is 2. The molecule has 23 heavy (non-hydrogen) atoms. The van der Waals surface area contributed by atoms with Crippen molar-refractivity contribution in [1.82, 2.24) is 14.2 Å². The van der Waals surface area contributed by atoms with Gasteiger partial charge < -0.3 is 15.1 Å². The molecular weight excluding hydrogens is 312 g/mol. The van der Waals surface area contributed by atoms with Gasteiger partial charge in [0, 0.05) is 39.6 Å². The molecule has 128 valence electrons. The van der Waals surface area contributed by atoms with Crippen LogP contribution in [-0.2, 0) is 4.79 Å². The molecule has 1 aromatic rings. The number of aromatic nitrogens is 1. The number of piperazine rings is 1. The summed E-state index contributed by atoms with van der Waals surface area (Å²) in [5, 5.41) is 3.84. The molecule has 7 heteroatoms. The zero-order valence-corrected chi connectivity index (χ0v) is 15.4. The number of carbonyl (C=O) groups excluding carboxylic acids is 2. The average Bonchev–Trinajstić information content (AvgIpc) is 2.86. The van der Waals surface area contributed by atoms with Gasteiger partial charge in [-0.05, 0) is 23.9 Å². The summed E-state index contributed by atoms with van der Waals surface area (Å²) in [6.07, 6.45) is 0.540. The lowest BCUT2D eigenvalue weighted by Gasteiger charge is -2.36. The Bertz CT molecular complexity index is 583. The molecule has 2 rings (SSSR count). The van der Waals surface area contributed by atoms with Gasteiger partial charge in [-0.15, -0.1) is 0 Å². The number of rotatable bonds is 3. The van der Waals surface area contributed by atoms with Crippen molar-refractivity contribution in [3.05, 3.63) is 11.3 Å². The highest BCUT2D eigenvalue weighted by Crippen LogP contribution is 2.26. The standard InChI is InChI=1S/C16H26N4O2S/c1-11-13(14(17-5)23-18-11)15(22)20-8-6-19(7-9-20)12(21)10-16(2,3)4/h17H,6-10H2,1-5H3. The second-order valence-corrected chi connectivity index (χ2v) is 7.91. The first kappa shape index (κ1) is 17.7. The van der Waals surface area contributed by atoms with Gasteiger partial charge in [0.2, 0.25) is 5.91 Å². The van der Waals surface area contributed by atoms with E-state index in [0.29, 0.717) is 38.2 Å². The lowest BCUT2D eigenvalue weighted by atomic mass is 9.91. The molecule has 2 amide bonds. The van der Waals surface area contributed by atoms with Crippen molar-refractivity contribution >= 4 is 28.3 Å². The highest BCUT2D eigenvalue weighted by molar-refractivity contribution is 7.10. The Labute approximate surface area is 142 Å². The van der Waals surface area contributed by atoms with Crippen LogP contribution in [0.15, 0.2) is 0 Å². The maximum atomic E-state index is 12.7. The van der Waals surface area contributed by atoms with Crippen molar-refractivity contribution in [3.63, 3.8) is 0 Å². The maximum Gasteiger partial charge on any atom is 0.258 e. The van der Waals surface area contributed by atoms with E-state index in [4.69, 9.17) is 0 Å². The summed E-state index contributed by atoms with van der Waals surface area (Å²) in [6, 6.07) is 0. The predicted octanol–water partition coefficient (Wildman–Crippen LogP) is 2.21. The molecule has 1 N–H and O–H groups in total. The Morgan fingerprint density at radius 1 is 1.17 bits per heavy atom. The van der Waals surface area contributed by atoms with E-state index in [-0.39, 0.29) is 17.2 Å². The Hall–Kier alpha value is -1.63. The summed E-state index contributed by atoms with van der Waals surface area (Å²) in [6.45, 7) is 10.4. The van der Waals surface area contributed by atoms with E-state index >= 15 is 0 Å². The normalized spacial score (nSPS) is 15.7. The molecule has 0 atom stereocenters. The van der Waals surface area contributed by atoms with E-state index in [1.54, 1.807) is 7.05 Å². The van der Waals surface area contributed by atoms with Crippen molar-refractivity contribution in [2.45, 2.75) is 34.1 Å². The second kappa shape index (κ2) is 6.86. The molecule has 6 nitrogen and oxygen atoms in total. The van der Waals surface area contributed by atoms with Gasteiger partial charge in [0.15, 0.2) is 0 Å². The van der Waals surface area contributed by atoms with Crippen molar-refractivity contribution in [2.24, 2.45) is 5.41 Å². The average molecular weight is 338 g/mol. The predicted molar refractivity (Wildman–Crippen MR) is 93.0 cm³/mol. The third kappa shape index (κ3) is 4.22. The Morgan fingerprint density at radius 2 is 1.74 bits per heavy atom. The summed E-state index contributed by atoms with van der Waals surface area (Å²) in [7, 11) is 1.80. The second-order valence-electron chi connectivity index (χ2n) is 7.13. The van der Waals surface area contributed by atoms with Gasteiger partial charge in [-0.2, -0.15) is 4.37 Å². The summed E-state index contributed by atoms with van der Waals surface area (Å²) in [5.41, 5.74) is 1.41. The molecule has 1 aliphatic heterocycles. The zero-order valence-electron chi connectivity index (χ0n) is 14.6. The van der Waals surface area contributed by atoms with Crippen molar-refractivity contribution in [2.75, 3.05) is 38.5 Å². The largest absolute Gasteiger partial charge is 0.378 e. The molecule has 1 fully saturated rings. The third-order valence-electron chi connectivity index (χ3n) is 3.90. The van der Waals surface area contributed by atoms with Crippen LogP contribution in [0.3, 0.4) is 0 Å². The van der Waals surface area contributed by atoms with E-state index in [1.807, 2.05) is 16.7 Å². The molecular formula is C16H26N4O2S. The topological polar surface area (TPSA) is 65.5 Å². The minimum absolute atomic E-state index is 0.00326. The third-order valence-corrected chi connectivity index (χ3v) is 4.86. The minimum Gasteiger partial charge on any atom is -0.378 e. The SMILES string of the molecule is CNc1snc(C)c1C(=O)N1CCN(C(=O)CC(C)(C)C)CC1. The number of hydrogen-bond donors (Lipinski definition) is 1. The minimum atomic E-state index is -0.00874. The molecule has 0 saturated carbocycles. The van der Waals surface area contributed by atoms with Crippen molar-refractivity contribution < 1.29 is 9.59 Å². The zero-order chi connectivity index (χ0) is 17.2. The Kier molecular flexibility index (Phi) is 5.29. The number of anilines is 1. The van der Waals surface area contributed by atoms with Crippen molar-refractivity contribution in [3.8, 4) is 0 Å². The molecule has 0 unspecified atom stereocenters. The number of aryl methyl sites for hydroxylation is 1. The van der Waals surface area contributed by atoms with E-state index in [1.165, 1.54) is 11.5 Å². The fourth-order valence-electron chi connectivity index (χ4n) is 2.67. The van der Waals surface area contributed by atoms with Crippen LogP contribution in [0.5, 0.6) is 0 Å². The fourth-order valence-corrected chi connectivity index (χ4v) is 3.41. The van der Waals surface area contributed by atoms with E-state index in [0.717, 1.165) is 10.7 Å². The molecule has 0 radical (unpaired) electrons. The van der Waals surface area contributed by atoms with Crippen LogP contribution in [0.25, 0.3) is 0 Å². The lowest BCUT2D eigenvalue weighted by Crippen LogP contribution is -2.51.